The summed E-state index contributed by atoms with van der Waals surface area (Å²) in [5.74, 6) is -1.05. The number of carboxylic acids is 1. The number of carbonyl (C=O) groups excluding carboxylic acids is 1. The van der Waals surface area contributed by atoms with E-state index in [1.807, 2.05) is 6.92 Å². The van der Waals surface area contributed by atoms with Gasteiger partial charge in [-0.05, 0) is 30.6 Å². The van der Waals surface area contributed by atoms with Crippen LogP contribution in [0.15, 0.2) is 0 Å². The maximum absolute atomic E-state index is 12.5. The highest BCUT2D eigenvalue weighted by atomic mass is 16.5. The molecule has 0 aliphatic carbocycles. The number of carbonyl (C=O) groups is 2. The molecule has 2 rings (SSSR count). The predicted octanol–water partition coefficient (Wildman–Crippen LogP) is 2.33. The number of aliphatic carboxylic acids is 1. The summed E-state index contributed by atoms with van der Waals surface area (Å²) in [7, 11) is 0. The van der Waals surface area contributed by atoms with Crippen LogP contribution in [0.3, 0.4) is 0 Å². The molecule has 23 heavy (non-hydrogen) atoms. The van der Waals surface area contributed by atoms with Crippen molar-refractivity contribution in [1.29, 1.82) is 0 Å². The van der Waals surface area contributed by atoms with Gasteiger partial charge < -0.3 is 20.1 Å². The van der Waals surface area contributed by atoms with E-state index < -0.39 is 11.9 Å². The molecular formula is C17H30N2O4. The number of ether oxygens (including phenoxy) is 1. The van der Waals surface area contributed by atoms with Gasteiger partial charge in [-0.25, -0.2) is 4.79 Å². The number of carboxylic acid groups (broad SMARTS) is 1. The fourth-order valence-electron chi connectivity index (χ4n) is 3.49. The molecule has 0 bridgehead atoms. The molecular weight excluding hydrogens is 296 g/mol. The van der Waals surface area contributed by atoms with Gasteiger partial charge in [0.1, 0.15) is 0 Å². The summed E-state index contributed by atoms with van der Waals surface area (Å²) in [5, 5.41) is 12.3. The second-order valence-corrected chi connectivity index (χ2v) is 8.18. The number of piperidine rings is 1. The monoisotopic (exact) mass is 326 g/mol. The van der Waals surface area contributed by atoms with E-state index in [1.54, 1.807) is 4.90 Å². The molecule has 0 aromatic carbocycles. The van der Waals surface area contributed by atoms with Gasteiger partial charge in [-0.2, -0.15) is 0 Å². The largest absolute Gasteiger partial charge is 0.481 e. The van der Waals surface area contributed by atoms with Crippen LogP contribution < -0.4 is 5.32 Å². The normalized spacial score (nSPS) is 32.4. The topological polar surface area (TPSA) is 78.9 Å². The Kier molecular flexibility index (Phi) is 5.55. The third kappa shape index (κ3) is 4.83. The lowest BCUT2D eigenvalue weighted by atomic mass is 9.83. The Bertz CT molecular complexity index is 446. The molecule has 2 fully saturated rings. The van der Waals surface area contributed by atoms with Crippen LogP contribution >= 0.6 is 0 Å². The minimum Gasteiger partial charge on any atom is -0.481 e. The molecule has 132 valence electrons. The number of rotatable bonds is 2. The first-order valence-electron chi connectivity index (χ1n) is 8.56. The minimum absolute atomic E-state index is 0.0530. The van der Waals surface area contributed by atoms with Crippen molar-refractivity contribution in [2.75, 3.05) is 19.7 Å². The number of likely N-dealkylation sites (tertiary alicyclic amines) is 1. The summed E-state index contributed by atoms with van der Waals surface area (Å²) in [6.07, 6.45) is 2.39. The molecule has 2 aliphatic heterocycles. The van der Waals surface area contributed by atoms with Crippen LogP contribution in [-0.2, 0) is 9.53 Å². The molecule has 4 atom stereocenters. The number of amides is 2. The van der Waals surface area contributed by atoms with Crippen molar-refractivity contribution < 1.29 is 19.4 Å². The number of urea groups is 1. The van der Waals surface area contributed by atoms with Crippen molar-refractivity contribution in [1.82, 2.24) is 10.2 Å². The molecule has 0 radical (unpaired) electrons. The lowest BCUT2D eigenvalue weighted by Gasteiger charge is -2.39. The summed E-state index contributed by atoms with van der Waals surface area (Å²) in [4.78, 5) is 25.4. The zero-order valence-electron chi connectivity index (χ0n) is 14.7. The third-order valence-corrected chi connectivity index (χ3v) is 4.87. The van der Waals surface area contributed by atoms with Crippen LogP contribution in [0.2, 0.25) is 0 Å². The lowest BCUT2D eigenvalue weighted by molar-refractivity contribution is -0.143. The van der Waals surface area contributed by atoms with Crippen molar-refractivity contribution >= 4 is 12.0 Å². The first-order chi connectivity index (χ1) is 10.7. The third-order valence-electron chi connectivity index (χ3n) is 4.87. The van der Waals surface area contributed by atoms with Crippen molar-refractivity contribution in [2.45, 2.75) is 59.1 Å². The Morgan fingerprint density at radius 3 is 2.52 bits per heavy atom. The highest BCUT2D eigenvalue weighted by Gasteiger charge is 2.35. The Morgan fingerprint density at radius 2 is 1.91 bits per heavy atom. The van der Waals surface area contributed by atoms with E-state index in [9.17, 15) is 14.7 Å². The fourth-order valence-corrected chi connectivity index (χ4v) is 3.49. The van der Waals surface area contributed by atoms with Crippen LogP contribution in [0.5, 0.6) is 0 Å². The highest BCUT2D eigenvalue weighted by Crippen LogP contribution is 2.30. The summed E-state index contributed by atoms with van der Waals surface area (Å²) in [6.45, 7) is 10.0. The van der Waals surface area contributed by atoms with Crippen LogP contribution in [0.25, 0.3) is 0 Å². The van der Waals surface area contributed by atoms with E-state index in [0.717, 1.165) is 12.8 Å². The molecule has 2 saturated heterocycles. The van der Waals surface area contributed by atoms with Gasteiger partial charge in [0.15, 0.2) is 0 Å². The lowest BCUT2D eigenvalue weighted by Crippen LogP contribution is -2.53. The Balaban J connectivity index is 1.92. The van der Waals surface area contributed by atoms with Gasteiger partial charge in [-0.1, -0.05) is 27.7 Å². The molecule has 0 spiro atoms. The average Bonchev–Trinajstić information content (AvgIpc) is 2.46. The van der Waals surface area contributed by atoms with E-state index in [0.29, 0.717) is 26.1 Å². The summed E-state index contributed by atoms with van der Waals surface area (Å²) < 4.78 is 5.82. The number of hydrogen-bond acceptors (Lipinski definition) is 3. The smallest absolute Gasteiger partial charge is 0.317 e. The Labute approximate surface area is 138 Å². The molecule has 2 amide bonds. The molecule has 2 heterocycles. The van der Waals surface area contributed by atoms with Crippen molar-refractivity contribution in [3.05, 3.63) is 0 Å². The van der Waals surface area contributed by atoms with E-state index in [4.69, 9.17) is 4.74 Å². The predicted molar refractivity (Wildman–Crippen MR) is 87.2 cm³/mol. The van der Waals surface area contributed by atoms with E-state index in [2.05, 4.69) is 26.1 Å². The van der Waals surface area contributed by atoms with E-state index in [-0.39, 0.29) is 29.5 Å². The van der Waals surface area contributed by atoms with Crippen molar-refractivity contribution in [3.63, 3.8) is 0 Å². The van der Waals surface area contributed by atoms with E-state index in [1.165, 1.54) is 0 Å². The molecule has 2 aliphatic rings. The molecule has 6 heteroatoms. The van der Waals surface area contributed by atoms with Crippen molar-refractivity contribution in [3.8, 4) is 0 Å². The highest BCUT2D eigenvalue weighted by molar-refractivity contribution is 5.76. The zero-order chi connectivity index (χ0) is 17.2. The summed E-state index contributed by atoms with van der Waals surface area (Å²) in [6, 6.07) is -0.0386. The summed E-state index contributed by atoms with van der Waals surface area (Å²) in [5.41, 5.74) is 0.0530. The first kappa shape index (κ1) is 18.0. The molecule has 2 N–H and O–H groups in total. The second-order valence-electron chi connectivity index (χ2n) is 8.18. The van der Waals surface area contributed by atoms with Gasteiger partial charge in [0.2, 0.25) is 0 Å². The van der Waals surface area contributed by atoms with Gasteiger partial charge >= 0.3 is 12.0 Å². The van der Waals surface area contributed by atoms with Crippen LogP contribution in [-0.4, -0.2) is 53.8 Å². The van der Waals surface area contributed by atoms with Crippen molar-refractivity contribution in [2.24, 2.45) is 17.3 Å². The Morgan fingerprint density at radius 1 is 1.22 bits per heavy atom. The first-order valence-corrected chi connectivity index (χ1v) is 8.56. The molecule has 4 unspecified atom stereocenters. The van der Waals surface area contributed by atoms with Crippen LogP contribution in [0.1, 0.15) is 47.0 Å². The maximum Gasteiger partial charge on any atom is 0.317 e. The average molecular weight is 326 g/mol. The number of nitrogens with one attached hydrogen (secondary N) is 1. The van der Waals surface area contributed by atoms with Crippen LogP contribution in [0, 0.1) is 17.3 Å². The van der Waals surface area contributed by atoms with Gasteiger partial charge in [0, 0.05) is 25.7 Å². The Hall–Kier alpha value is -1.30. The summed E-state index contributed by atoms with van der Waals surface area (Å²) >= 11 is 0. The van der Waals surface area contributed by atoms with Gasteiger partial charge in [-0.3, -0.25) is 4.79 Å². The van der Waals surface area contributed by atoms with Crippen LogP contribution in [0.4, 0.5) is 4.79 Å². The molecule has 0 saturated carbocycles. The SMILES string of the molecule is CC1CC(C(=O)O)CN(C(=O)NC2CCOC(C(C)(C)C)C2)C1. The van der Waals surface area contributed by atoms with E-state index >= 15 is 0 Å². The standard InChI is InChI=1S/C17H30N2O4/c1-11-7-12(15(20)21)10-19(9-11)16(22)18-13-5-6-23-14(8-13)17(2,3)4/h11-14H,5-10H2,1-4H3,(H,18,22)(H,20,21). The molecule has 0 aromatic heterocycles. The van der Waals surface area contributed by atoms with Gasteiger partial charge in [-0.15, -0.1) is 0 Å². The van der Waals surface area contributed by atoms with Gasteiger partial charge in [0.05, 0.1) is 12.0 Å². The van der Waals surface area contributed by atoms with Gasteiger partial charge in [0.25, 0.3) is 0 Å². The quantitative estimate of drug-likeness (QED) is 0.816. The second kappa shape index (κ2) is 7.07. The zero-order valence-corrected chi connectivity index (χ0v) is 14.7. The molecule has 0 aromatic rings. The fraction of sp³-hybridized carbons (Fsp3) is 0.882. The molecule has 6 nitrogen and oxygen atoms in total. The maximum atomic E-state index is 12.5. The number of nitrogens with zero attached hydrogens (tertiary/aromatic N) is 1. The minimum atomic E-state index is -0.812. The number of hydrogen-bond donors (Lipinski definition) is 2.